The van der Waals surface area contributed by atoms with E-state index < -0.39 is 5.97 Å². The minimum absolute atomic E-state index is 0.0618. The summed E-state index contributed by atoms with van der Waals surface area (Å²) in [6, 6.07) is 3.07. The van der Waals surface area contributed by atoms with Gasteiger partial charge in [-0.05, 0) is 24.6 Å². The van der Waals surface area contributed by atoms with Crippen LogP contribution < -0.4 is 0 Å². The van der Waals surface area contributed by atoms with Gasteiger partial charge in [-0.25, -0.2) is 14.8 Å². The SMILES string of the molecule is Cc1cnnc(-c2nccc(C(=O)O)n2)c1. The fraction of sp³-hybridized carbons (Fsp3) is 0.100. The average Bonchev–Trinajstić information content (AvgIpc) is 2.29. The number of aromatic carboxylic acids is 1. The molecule has 0 bridgehead atoms. The zero-order valence-corrected chi connectivity index (χ0v) is 8.45. The minimum atomic E-state index is -1.09. The molecule has 0 aliphatic heterocycles. The first kappa shape index (κ1) is 10.2. The van der Waals surface area contributed by atoms with E-state index in [0.717, 1.165) is 5.56 Å². The van der Waals surface area contributed by atoms with Gasteiger partial charge in [-0.1, -0.05) is 0 Å². The average molecular weight is 216 g/mol. The van der Waals surface area contributed by atoms with Crippen LogP contribution in [0.15, 0.2) is 24.5 Å². The van der Waals surface area contributed by atoms with E-state index in [1.807, 2.05) is 6.92 Å². The van der Waals surface area contributed by atoms with Gasteiger partial charge in [0, 0.05) is 6.20 Å². The minimum Gasteiger partial charge on any atom is -0.477 e. The second-order valence-corrected chi connectivity index (χ2v) is 3.19. The van der Waals surface area contributed by atoms with Gasteiger partial charge in [0.25, 0.3) is 0 Å². The van der Waals surface area contributed by atoms with Gasteiger partial charge in [0.2, 0.25) is 0 Å². The van der Waals surface area contributed by atoms with E-state index in [1.165, 1.54) is 12.3 Å². The molecule has 6 heteroatoms. The third-order valence-corrected chi connectivity index (χ3v) is 1.90. The molecule has 2 heterocycles. The molecular formula is C10H8N4O2. The molecule has 2 aromatic heterocycles. The first-order valence-electron chi connectivity index (χ1n) is 4.53. The summed E-state index contributed by atoms with van der Waals surface area (Å²) >= 11 is 0. The Labute approximate surface area is 91.0 Å². The molecule has 0 spiro atoms. The number of carbonyl (C=O) groups is 1. The van der Waals surface area contributed by atoms with Crippen LogP contribution in [-0.4, -0.2) is 31.2 Å². The Bertz CT molecular complexity index is 542. The summed E-state index contributed by atoms with van der Waals surface area (Å²) in [6.07, 6.45) is 2.99. The number of nitrogens with zero attached hydrogens (tertiary/aromatic N) is 4. The van der Waals surface area contributed by atoms with Crippen LogP contribution >= 0.6 is 0 Å². The largest absolute Gasteiger partial charge is 0.477 e. The Hall–Kier alpha value is -2.37. The summed E-state index contributed by atoms with van der Waals surface area (Å²) in [5.74, 6) is -0.833. The van der Waals surface area contributed by atoms with Crippen molar-refractivity contribution in [3.05, 3.63) is 35.8 Å². The van der Waals surface area contributed by atoms with Crippen LogP contribution in [0.1, 0.15) is 16.1 Å². The smallest absolute Gasteiger partial charge is 0.354 e. The molecule has 0 atom stereocenters. The van der Waals surface area contributed by atoms with Crippen molar-refractivity contribution in [3.8, 4) is 11.5 Å². The molecule has 0 radical (unpaired) electrons. The van der Waals surface area contributed by atoms with Crippen LogP contribution in [-0.2, 0) is 0 Å². The van der Waals surface area contributed by atoms with Gasteiger partial charge in [0.15, 0.2) is 11.5 Å². The predicted molar refractivity (Wildman–Crippen MR) is 54.8 cm³/mol. The maximum atomic E-state index is 10.7. The van der Waals surface area contributed by atoms with Crippen LogP contribution in [0.3, 0.4) is 0 Å². The summed E-state index contributed by atoms with van der Waals surface area (Å²) in [5, 5.41) is 16.4. The Morgan fingerprint density at radius 1 is 1.44 bits per heavy atom. The molecule has 0 amide bonds. The fourth-order valence-electron chi connectivity index (χ4n) is 1.17. The maximum Gasteiger partial charge on any atom is 0.354 e. The highest BCUT2D eigenvalue weighted by Crippen LogP contribution is 2.11. The third kappa shape index (κ3) is 2.00. The normalized spacial score (nSPS) is 10.1. The molecule has 1 N–H and O–H groups in total. The molecule has 0 fully saturated rings. The van der Waals surface area contributed by atoms with E-state index in [0.29, 0.717) is 5.69 Å². The third-order valence-electron chi connectivity index (χ3n) is 1.90. The lowest BCUT2D eigenvalue weighted by Gasteiger charge is -1.99. The number of rotatable bonds is 2. The molecule has 2 rings (SSSR count). The number of hydrogen-bond donors (Lipinski definition) is 1. The van der Waals surface area contributed by atoms with Gasteiger partial charge in [0.05, 0.1) is 6.20 Å². The summed E-state index contributed by atoms with van der Waals surface area (Å²) in [5.41, 5.74) is 1.31. The molecule has 0 aliphatic carbocycles. The van der Waals surface area contributed by atoms with Crippen molar-refractivity contribution in [1.82, 2.24) is 20.2 Å². The summed E-state index contributed by atoms with van der Waals surface area (Å²) < 4.78 is 0. The van der Waals surface area contributed by atoms with Gasteiger partial charge in [0.1, 0.15) is 5.69 Å². The molecular weight excluding hydrogens is 208 g/mol. The molecule has 0 saturated carbocycles. The molecule has 80 valence electrons. The molecule has 0 aliphatic rings. The van der Waals surface area contributed by atoms with Crippen molar-refractivity contribution in [2.24, 2.45) is 0 Å². The lowest BCUT2D eigenvalue weighted by molar-refractivity contribution is 0.0690. The number of carboxylic acid groups (broad SMARTS) is 1. The fourth-order valence-corrected chi connectivity index (χ4v) is 1.17. The molecule has 0 saturated heterocycles. The predicted octanol–water partition coefficient (Wildman–Crippen LogP) is 0.940. The zero-order valence-electron chi connectivity index (χ0n) is 8.45. The highest BCUT2D eigenvalue weighted by Gasteiger charge is 2.09. The number of hydrogen-bond acceptors (Lipinski definition) is 5. The monoisotopic (exact) mass is 216 g/mol. The number of aryl methyl sites for hydroxylation is 1. The molecule has 2 aromatic rings. The van der Waals surface area contributed by atoms with E-state index >= 15 is 0 Å². The van der Waals surface area contributed by atoms with Crippen LogP contribution in [0.2, 0.25) is 0 Å². The van der Waals surface area contributed by atoms with Crippen LogP contribution in [0.25, 0.3) is 11.5 Å². The second-order valence-electron chi connectivity index (χ2n) is 3.19. The molecule has 16 heavy (non-hydrogen) atoms. The Balaban J connectivity index is 2.48. The number of aromatic nitrogens is 4. The van der Waals surface area contributed by atoms with Gasteiger partial charge in [-0.3, -0.25) is 0 Å². The Morgan fingerprint density at radius 2 is 2.25 bits per heavy atom. The van der Waals surface area contributed by atoms with E-state index in [-0.39, 0.29) is 11.5 Å². The van der Waals surface area contributed by atoms with Crippen molar-refractivity contribution < 1.29 is 9.90 Å². The summed E-state index contributed by atoms with van der Waals surface area (Å²) in [6.45, 7) is 1.86. The van der Waals surface area contributed by atoms with Crippen molar-refractivity contribution in [2.75, 3.05) is 0 Å². The Kier molecular flexibility index (Phi) is 2.55. The van der Waals surface area contributed by atoms with E-state index in [1.54, 1.807) is 12.3 Å². The first-order valence-corrected chi connectivity index (χ1v) is 4.53. The van der Waals surface area contributed by atoms with Crippen LogP contribution in [0, 0.1) is 6.92 Å². The topological polar surface area (TPSA) is 88.9 Å². The lowest BCUT2D eigenvalue weighted by Crippen LogP contribution is -2.03. The molecule has 6 nitrogen and oxygen atoms in total. The van der Waals surface area contributed by atoms with Gasteiger partial charge in [-0.15, -0.1) is 5.10 Å². The summed E-state index contributed by atoms with van der Waals surface area (Å²) in [7, 11) is 0. The Morgan fingerprint density at radius 3 is 2.94 bits per heavy atom. The van der Waals surface area contributed by atoms with Crippen molar-refractivity contribution >= 4 is 5.97 Å². The lowest BCUT2D eigenvalue weighted by atomic mass is 10.2. The highest BCUT2D eigenvalue weighted by atomic mass is 16.4. The van der Waals surface area contributed by atoms with Crippen LogP contribution in [0.5, 0.6) is 0 Å². The van der Waals surface area contributed by atoms with E-state index in [2.05, 4.69) is 20.2 Å². The first-order chi connectivity index (χ1) is 7.66. The van der Waals surface area contributed by atoms with Gasteiger partial charge in [-0.2, -0.15) is 5.10 Å². The quantitative estimate of drug-likeness (QED) is 0.803. The van der Waals surface area contributed by atoms with Gasteiger partial charge >= 0.3 is 5.97 Å². The number of carboxylic acids is 1. The molecule has 0 aromatic carbocycles. The maximum absolute atomic E-state index is 10.7. The molecule has 0 unspecified atom stereocenters. The van der Waals surface area contributed by atoms with Gasteiger partial charge < -0.3 is 5.11 Å². The van der Waals surface area contributed by atoms with Crippen molar-refractivity contribution in [1.29, 1.82) is 0 Å². The zero-order chi connectivity index (χ0) is 11.5. The second kappa shape index (κ2) is 4.01. The van der Waals surface area contributed by atoms with E-state index in [4.69, 9.17) is 5.11 Å². The van der Waals surface area contributed by atoms with Crippen LogP contribution in [0.4, 0.5) is 0 Å². The highest BCUT2D eigenvalue weighted by molar-refractivity contribution is 5.85. The summed E-state index contributed by atoms with van der Waals surface area (Å²) in [4.78, 5) is 18.6. The standard InChI is InChI=1S/C10H8N4O2/c1-6-4-8(14-12-5-6)9-11-3-2-7(13-9)10(15)16/h2-5H,1H3,(H,15,16). The van der Waals surface area contributed by atoms with Crippen molar-refractivity contribution in [2.45, 2.75) is 6.92 Å². The van der Waals surface area contributed by atoms with E-state index in [9.17, 15) is 4.79 Å². The van der Waals surface area contributed by atoms with Crippen molar-refractivity contribution in [3.63, 3.8) is 0 Å².